The third kappa shape index (κ3) is 5.61. The van der Waals surface area contributed by atoms with E-state index in [1.165, 1.54) is 26.2 Å². The largest absolute Gasteiger partial charge is 0.480 e. The SMILES string of the molecule is CCC1CCN(c2cc(Nc3ccc4c(c3)cc(OCC(C)=O)c(=O)n4C(C)C)c(Cl)cn2)CC1. The van der Waals surface area contributed by atoms with Crippen LogP contribution in [0, 0.1) is 5.92 Å². The first-order chi connectivity index (χ1) is 16.8. The lowest BCUT2D eigenvalue weighted by molar-refractivity contribution is -0.118. The molecule has 0 amide bonds. The summed E-state index contributed by atoms with van der Waals surface area (Å²) in [5.74, 6) is 1.73. The maximum Gasteiger partial charge on any atom is 0.293 e. The number of carbonyl (C=O) groups excluding carboxylic acids is 1. The van der Waals surface area contributed by atoms with Crippen LogP contribution in [-0.4, -0.2) is 35.0 Å². The number of rotatable bonds is 8. The van der Waals surface area contributed by atoms with E-state index >= 15 is 0 Å². The number of halogens is 1. The lowest BCUT2D eigenvalue weighted by atomic mass is 9.94. The molecule has 2 aromatic heterocycles. The summed E-state index contributed by atoms with van der Waals surface area (Å²) in [6, 6.07) is 9.42. The van der Waals surface area contributed by atoms with Crippen LogP contribution in [0.25, 0.3) is 10.9 Å². The summed E-state index contributed by atoms with van der Waals surface area (Å²) in [5.41, 5.74) is 2.15. The van der Waals surface area contributed by atoms with E-state index in [4.69, 9.17) is 16.3 Å². The minimum atomic E-state index is -0.247. The smallest absolute Gasteiger partial charge is 0.293 e. The first kappa shape index (κ1) is 25.0. The fraction of sp³-hybridized carbons (Fsp3) is 0.444. The number of pyridine rings is 2. The first-order valence-electron chi connectivity index (χ1n) is 12.3. The molecule has 0 radical (unpaired) electrons. The van der Waals surface area contributed by atoms with E-state index in [-0.39, 0.29) is 29.7 Å². The third-order valence-corrected chi connectivity index (χ3v) is 6.89. The van der Waals surface area contributed by atoms with Crippen molar-refractivity contribution in [2.24, 2.45) is 5.92 Å². The van der Waals surface area contributed by atoms with E-state index in [9.17, 15) is 9.59 Å². The van der Waals surface area contributed by atoms with Crippen LogP contribution in [0.3, 0.4) is 0 Å². The Kier molecular flexibility index (Phi) is 7.65. The molecule has 0 aliphatic carbocycles. The molecule has 0 saturated carbocycles. The van der Waals surface area contributed by atoms with Crippen LogP contribution in [0.5, 0.6) is 5.75 Å². The Morgan fingerprint density at radius 1 is 1.23 bits per heavy atom. The number of ketones is 1. The van der Waals surface area contributed by atoms with Gasteiger partial charge in [0.1, 0.15) is 12.4 Å². The van der Waals surface area contributed by atoms with E-state index in [1.54, 1.807) is 16.8 Å². The Bertz CT molecular complexity index is 1280. The fourth-order valence-electron chi connectivity index (χ4n) is 4.62. The Balaban J connectivity index is 1.65. The summed E-state index contributed by atoms with van der Waals surface area (Å²) in [6.07, 6.45) is 5.28. The molecule has 186 valence electrons. The molecule has 0 spiro atoms. The lowest BCUT2D eigenvalue weighted by Gasteiger charge is -2.32. The summed E-state index contributed by atoms with van der Waals surface area (Å²) in [5, 5.41) is 4.78. The van der Waals surface area contributed by atoms with E-state index in [2.05, 4.69) is 22.1 Å². The number of Topliss-reactive ketones (excluding diaryl/α,β-unsaturated/α-hetero) is 1. The second-order valence-electron chi connectivity index (χ2n) is 9.53. The summed E-state index contributed by atoms with van der Waals surface area (Å²) in [6.45, 7) is 9.44. The summed E-state index contributed by atoms with van der Waals surface area (Å²) < 4.78 is 7.22. The third-order valence-electron chi connectivity index (χ3n) is 6.59. The van der Waals surface area contributed by atoms with Gasteiger partial charge in [-0.05, 0) is 63.8 Å². The number of hydrogen-bond donors (Lipinski definition) is 1. The molecule has 1 aliphatic heterocycles. The molecule has 1 saturated heterocycles. The molecule has 1 N–H and O–H groups in total. The number of carbonyl (C=O) groups is 1. The number of fused-ring (bicyclic) bond motifs is 1. The average Bonchev–Trinajstić information content (AvgIpc) is 2.84. The number of piperidine rings is 1. The molecule has 0 bridgehead atoms. The van der Waals surface area contributed by atoms with Crippen molar-refractivity contribution in [3.05, 3.63) is 51.9 Å². The van der Waals surface area contributed by atoms with E-state index in [1.807, 2.05) is 38.1 Å². The molecule has 35 heavy (non-hydrogen) atoms. The highest BCUT2D eigenvalue weighted by Gasteiger charge is 2.20. The average molecular weight is 497 g/mol. The van der Waals surface area contributed by atoms with Gasteiger partial charge in [0, 0.05) is 36.3 Å². The molecule has 1 aromatic carbocycles. The fourth-order valence-corrected chi connectivity index (χ4v) is 4.77. The Hall–Kier alpha value is -3.06. The number of hydrogen-bond acceptors (Lipinski definition) is 6. The monoisotopic (exact) mass is 496 g/mol. The van der Waals surface area contributed by atoms with Crippen LogP contribution in [0.2, 0.25) is 5.02 Å². The molecule has 3 heterocycles. The quantitative estimate of drug-likeness (QED) is 0.414. The Morgan fingerprint density at radius 3 is 2.63 bits per heavy atom. The van der Waals surface area contributed by atoms with Crippen molar-refractivity contribution >= 4 is 45.5 Å². The van der Waals surface area contributed by atoms with Gasteiger partial charge in [0.05, 0.1) is 22.4 Å². The number of aromatic nitrogens is 2. The van der Waals surface area contributed by atoms with Gasteiger partial charge >= 0.3 is 0 Å². The van der Waals surface area contributed by atoms with Crippen LogP contribution in [0.15, 0.2) is 41.3 Å². The molecule has 0 unspecified atom stereocenters. The molecule has 8 heteroatoms. The summed E-state index contributed by atoms with van der Waals surface area (Å²) in [7, 11) is 0. The van der Waals surface area contributed by atoms with Gasteiger partial charge in [0.2, 0.25) is 0 Å². The van der Waals surface area contributed by atoms with Gasteiger partial charge in [-0.25, -0.2) is 4.98 Å². The van der Waals surface area contributed by atoms with Gasteiger partial charge in [0.15, 0.2) is 11.5 Å². The number of benzene rings is 1. The van der Waals surface area contributed by atoms with Crippen molar-refractivity contribution in [3.63, 3.8) is 0 Å². The number of nitrogens with one attached hydrogen (secondary N) is 1. The van der Waals surface area contributed by atoms with Crippen LogP contribution in [-0.2, 0) is 4.79 Å². The minimum absolute atomic E-state index is 0.0706. The predicted molar refractivity (Wildman–Crippen MR) is 143 cm³/mol. The number of nitrogens with zero attached hydrogens (tertiary/aromatic N) is 3. The van der Waals surface area contributed by atoms with Crippen molar-refractivity contribution in [1.29, 1.82) is 0 Å². The minimum Gasteiger partial charge on any atom is -0.480 e. The number of ether oxygens (including phenoxy) is 1. The van der Waals surface area contributed by atoms with E-state index in [0.29, 0.717) is 5.02 Å². The van der Waals surface area contributed by atoms with Crippen LogP contribution in [0.1, 0.15) is 53.0 Å². The van der Waals surface area contributed by atoms with Gasteiger partial charge in [-0.15, -0.1) is 0 Å². The lowest BCUT2D eigenvalue weighted by Crippen LogP contribution is -2.34. The van der Waals surface area contributed by atoms with Gasteiger partial charge < -0.3 is 19.5 Å². The van der Waals surface area contributed by atoms with Crippen LogP contribution < -0.4 is 20.5 Å². The van der Waals surface area contributed by atoms with Gasteiger partial charge in [-0.1, -0.05) is 24.9 Å². The molecule has 0 atom stereocenters. The highest BCUT2D eigenvalue weighted by Crippen LogP contribution is 2.32. The molecule has 3 aromatic rings. The maximum atomic E-state index is 13.0. The van der Waals surface area contributed by atoms with E-state index in [0.717, 1.165) is 47.1 Å². The van der Waals surface area contributed by atoms with Crippen LogP contribution in [0.4, 0.5) is 17.2 Å². The molecule has 4 rings (SSSR count). The predicted octanol–water partition coefficient (Wildman–Crippen LogP) is 5.97. The summed E-state index contributed by atoms with van der Waals surface area (Å²) >= 11 is 6.49. The highest BCUT2D eigenvalue weighted by molar-refractivity contribution is 6.33. The van der Waals surface area contributed by atoms with Crippen molar-refractivity contribution in [2.45, 2.75) is 53.0 Å². The molecular formula is C27H33ClN4O3. The molecule has 1 fully saturated rings. The second-order valence-corrected chi connectivity index (χ2v) is 9.93. The highest BCUT2D eigenvalue weighted by atomic mass is 35.5. The standard InChI is InChI=1S/C27H33ClN4O3/c1-5-19-8-10-31(11-9-19)26-14-23(22(28)15-29-26)30-21-6-7-24-20(12-21)13-25(35-16-18(4)33)27(34)32(24)17(2)3/h6-7,12-15,17,19H,5,8-11,16H2,1-4H3,(H,29,30). The Labute approximate surface area is 211 Å². The van der Waals surface area contributed by atoms with Crippen molar-refractivity contribution in [3.8, 4) is 5.75 Å². The zero-order chi connectivity index (χ0) is 25.1. The summed E-state index contributed by atoms with van der Waals surface area (Å²) in [4.78, 5) is 31.3. The topological polar surface area (TPSA) is 76.5 Å². The number of anilines is 3. The van der Waals surface area contributed by atoms with Gasteiger partial charge in [-0.2, -0.15) is 0 Å². The first-order valence-corrected chi connectivity index (χ1v) is 12.6. The van der Waals surface area contributed by atoms with Crippen molar-refractivity contribution in [1.82, 2.24) is 9.55 Å². The molecule has 7 nitrogen and oxygen atoms in total. The molecular weight excluding hydrogens is 464 g/mol. The maximum absolute atomic E-state index is 13.0. The molecule has 1 aliphatic rings. The van der Waals surface area contributed by atoms with Gasteiger partial charge in [-0.3, -0.25) is 9.59 Å². The zero-order valence-electron chi connectivity index (χ0n) is 20.8. The Morgan fingerprint density at radius 2 is 1.97 bits per heavy atom. The van der Waals surface area contributed by atoms with Crippen LogP contribution >= 0.6 is 11.6 Å². The van der Waals surface area contributed by atoms with Gasteiger partial charge in [0.25, 0.3) is 5.56 Å². The van der Waals surface area contributed by atoms with Crippen molar-refractivity contribution in [2.75, 3.05) is 29.9 Å². The van der Waals surface area contributed by atoms with Crippen molar-refractivity contribution < 1.29 is 9.53 Å². The zero-order valence-corrected chi connectivity index (χ0v) is 21.6. The normalized spacial score (nSPS) is 14.5. The van der Waals surface area contributed by atoms with E-state index < -0.39 is 0 Å². The second kappa shape index (κ2) is 10.7.